The third-order valence-electron chi connectivity index (χ3n) is 2.57. The molecule has 0 atom stereocenters. The molecule has 0 unspecified atom stereocenters. The molecule has 0 aliphatic rings. The van der Waals surface area contributed by atoms with Crippen LogP contribution < -0.4 is 5.73 Å². The average Bonchev–Trinajstić information content (AvgIpc) is 2.64. The van der Waals surface area contributed by atoms with E-state index in [1.807, 2.05) is 6.92 Å². The predicted molar refractivity (Wildman–Crippen MR) is 65.0 cm³/mol. The van der Waals surface area contributed by atoms with E-state index in [0.717, 1.165) is 5.69 Å². The summed E-state index contributed by atoms with van der Waals surface area (Å²) in [5.41, 5.74) is 6.13. The van der Waals surface area contributed by atoms with Gasteiger partial charge < -0.3 is 5.73 Å². The molecule has 2 rings (SSSR count). The first-order valence-electron chi connectivity index (χ1n) is 5.38. The van der Waals surface area contributed by atoms with Gasteiger partial charge in [-0.15, -0.1) is 11.3 Å². The first-order valence-corrected chi connectivity index (χ1v) is 6.20. The van der Waals surface area contributed by atoms with Crippen molar-refractivity contribution in [1.29, 1.82) is 0 Å². The Morgan fingerprint density at radius 1 is 1.22 bits per heavy atom. The van der Waals surface area contributed by atoms with E-state index in [-0.39, 0.29) is 12.0 Å². The van der Waals surface area contributed by atoms with Crippen molar-refractivity contribution < 1.29 is 13.2 Å². The minimum Gasteiger partial charge on any atom is -0.375 e. The molecule has 0 radical (unpaired) electrons. The minimum absolute atomic E-state index is 0.0377. The Kier molecular flexibility index (Phi) is 3.56. The van der Waals surface area contributed by atoms with E-state index >= 15 is 0 Å². The molecule has 0 aliphatic carbocycles. The van der Waals surface area contributed by atoms with Gasteiger partial charge in [-0.25, -0.2) is 18.2 Å². The van der Waals surface area contributed by atoms with Crippen molar-refractivity contribution in [3.8, 4) is 0 Å². The molecule has 1 aromatic carbocycles. The number of hydrogen-bond acceptors (Lipinski definition) is 3. The maximum Gasteiger partial charge on any atom is 0.180 e. The molecule has 0 saturated carbocycles. The van der Waals surface area contributed by atoms with E-state index in [1.54, 1.807) is 0 Å². The summed E-state index contributed by atoms with van der Waals surface area (Å²) in [5.74, 6) is -2.70. The van der Waals surface area contributed by atoms with Gasteiger partial charge in [0.1, 0.15) is 17.5 Å². The standard InChI is InChI=1S/C12H11F3N2S/c1-2-10-11(18-12(16)17-10)5-7-8(14)3-6(13)4-9(7)15/h3-4H,2,5H2,1H3,(H2,16,17). The van der Waals surface area contributed by atoms with Gasteiger partial charge in [0.2, 0.25) is 0 Å². The van der Waals surface area contributed by atoms with E-state index in [2.05, 4.69) is 4.98 Å². The smallest absolute Gasteiger partial charge is 0.180 e. The zero-order valence-corrected chi connectivity index (χ0v) is 10.5. The molecule has 0 bridgehead atoms. The molecule has 1 aromatic heterocycles. The van der Waals surface area contributed by atoms with Crippen LogP contribution in [0.4, 0.5) is 18.3 Å². The molecule has 0 spiro atoms. The highest BCUT2D eigenvalue weighted by Gasteiger charge is 2.16. The monoisotopic (exact) mass is 272 g/mol. The summed E-state index contributed by atoms with van der Waals surface area (Å²) in [5, 5.41) is 0.366. The molecule has 0 saturated heterocycles. The van der Waals surface area contributed by atoms with Gasteiger partial charge in [-0.2, -0.15) is 0 Å². The summed E-state index contributed by atoms with van der Waals surface area (Å²) < 4.78 is 39.8. The fraction of sp³-hybridized carbons (Fsp3) is 0.250. The number of hydrogen-bond donors (Lipinski definition) is 1. The number of halogens is 3. The molecule has 0 fully saturated rings. The lowest BCUT2D eigenvalue weighted by Gasteiger charge is -2.04. The van der Waals surface area contributed by atoms with Gasteiger partial charge in [0.25, 0.3) is 0 Å². The van der Waals surface area contributed by atoms with Crippen LogP contribution in [0.25, 0.3) is 0 Å². The Bertz CT molecular complexity index is 558. The number of aromatic nitrogens is 1. The van der Waals surface area contributed by atoms with Crippen LogP contribution in [0.2, 0.25) is 0 Å². The Balaban J connectivity index is 2.39. The van der Waals surface area contributed by atoms with Gasteiger partial charge in [0.15, 0.2) is 5.13 Å². The maximum atomic E-state index is 13.5. The molecule has 6 heteroatoms. The Morgan fingerprint density at radius 3 is 2.39 bits per heavy atom. The second-order valence-electron chi connectivity index (χ2n) is 3.80. The van der Waals surface area contributed by atoms with Gasteiger partial charge in [0.05, 0.1) is 5.69 Å². The molecule has 96 valence electrons. The number of nitrogen functional groups attached to an aromatic ring is 1. The Hall–Kier alpha value is -1.56. The van der Waals surface area contributed by atoms with Crippen LogP contribution in [0.5, 0.6) is 0 Å². The molecule has 1 heterocycles. The quantitative estimate of drug-likeness (QED) is 0.931. The highest BCUT2D eigenvalue weighted by molar-refractivity contribution is 7.15. The van der Waals surface area contributed by atoms with E-state index in [1.165, 1.54) is 11.3 Å². The lowest BCUT2D eigenvalue weighted by molar-refractivity contribution is 0.528. The molecule has 0 aliphatic heterocycles. The van der Waals surface area contributed by atoms with Crippen LogP contribution in [-0.4, -0.2) is 4.98 Å². The van der Waals surface area contributed by atoms with E-state index < -0.39 is 17.5 Å². The maximum absolute atomic E-state index is 13.5. The summed E-state index contributed by atoms with van der Waals surface area (Å²) in [6, 6.07) is 1.35. The van der Waals surface area contributed by atoms with Crippen LogP contribution in [0.15, 0.2) is 12.1 Å². The minimum atomic E-state index is -0.923. The topological polar surface area (TPSA) is 38.9 Å². The Morgan fingerprint density at radius 2 is 1.83 bits per heavy atom. The molecule has 2 nitrogen and oxygen atoms in total. The first kappa shape index (κ1) is 12.9. The molecular formula is C12H11F3N2S. The van der Waals surface area contributed by atoms with E-state index in [9.17, 15) is 13.2 Å². The van der Waals surface area contributed by atoms with Gasteiger partial charge in [-0.05, 0) is 6.42 Å². The summed E-state index contributed by atoms with van der Waals surface area (Å²) in [6.45, 7) is 1.88. The van der Waals surface area contributed by atoms with Crippen molar-refractivity contribution in [2.45, 2.75) is 19.8 Å². The fourth-order valence-electron chi connectivity index (χ4n) is 1.72. The SMILES string of the molecule is CCc1nc(N)sc1Cc1c(F)cc(F)cc1F. The largest absolute Gasteiger partial charge is 0.375 e. The highest BCUT2D eigenvalue weighted by atomic mass is 32.1. The van der Waals surface area contributed by atoms with Crippen molar-refractivity contribution in [2.75, 3.05) is 5.73 Å². The fourth-order valence-corrected chi connectivity index (χ4v) is 2.65. The van der Waals surface area contributed by atoms with Crippen molar-refractivity contribution in [1.82, 2.24) is 4.98 Å². The van der Waals surface area contributed by atoms with Gasteiger partial charge in [-0.1, -0.05) is 6.92 Å². The lowest BCUT2D eigenvalue weighted by Crippen LogP contribution is -1.99. The normalized spacial score (nSPS) is 10.9. The van der Waals surface area contributed by atoms with Crippen molar-refractivity contribution in [3.63, 3.8) is 0 Å². The van der Waals surface area contributed by atoms with Gasteiger partial charge in [-0.3, -0.25) is 0 Å². The number of rotatable bonds is 3. The van der Waals surface area contributed by atoms with Crippen molar-refractivity contribution in [3.05, 3.63) is 45.7 Å². The number of benzene rings is 1. The molecule has 2 N–H and O–H groups in total. The summed E-state index contributed by atoms with van der Waals surface area (Å²) in [6.07, 6.45) is 0.670. The van der Waals surface area contributed by atoms with E-state index in [4.69, 9.17) is 5.73 Å². The third kappa shape index (κ3) is 2.48. The molecule has 18 heavy (non-hydrogen) atoms. The van der Waals surface area contributed by atoms with Crippen molar-refractivity contribution >= 4 is 16.5 Å². The third-order valence-corrected chi connectivity index (χ3v) is 3.50. The highest BCUT2D eigenvalue weighted by Crippen LogP contribution is 2.26. The zero-order chi connectivity index (χ0) is 13.3. The Labute approximate surface area is 106 Å². The van der Waals surface area contributed by atoms with Crippen LogP contribution in [0.3, 0.4) is 0 Å². The average molecular weight is 272 g/mol. The second kappa shape index (κ2) is 4.97. The lowest BCUT2D eigenvalue weighted by atomic mass is 10.1. The molecular weight excluding hydrogens is 261 g/mol. The van der Waals surface area contributed by atoms with E-state index in [0.29, 0.717) is 28.6 Å². The number of thiazole rings is 1. The van der Waals surface area contributed by atoms with Gasteiger partial charge >= 0.3 is 0 Å². The number of nitrogens with two attached hydrogens (primary N) is 1. The summed E-state index contributed by atoms with van der Waals surface area (Å²) in [7, 11) is 0. The van der Waals surface area contributed by atoms with Crippen LogP contribution in [0.1, 0.15) is 23.1 Å². The molecule has 0 amide bonds. The van der Waals surface area contributed by atoms with Crippen molar-refractivity contribution in [2.24, 2.45) is 0 Å². The van der Waals surface area contributed by atoms with Gasteiger partial charge in [0, 0.05) is 29.0 Å². The first-order chi connectivity index (χ1) is 8.51. The van der Waals surface area contributed by atoms with Crippen LogP contribution in [-0.2, 0) is 12.8 Å². The number of aryl methyl sites for hydroxylation is 1. The zero-order valence-electron chi connectivity index (χ0n) is 9.64. The summed E-state index contributed by atoms with van der Waals surface area (Å²) in [4.78, 5) is 4.79. The number of anilines is 1. The molecule has 2 aromatic rings. The van der Waals surface area contributed by atoms with Crippen LogP contribution >= 0.6 is 11.3 Å². The predicted octanol–water partition coefficient (Wildman–Crippen LogP) is 3.30. The second-order valence-corrected chi connectivity index (χ2v) is 4.92. The summed E-state index contributed by atoms with van der Waals surface area (Å²) >= 11 is 1.19. The van der Waals surface area contributed by atoms with Crippen LogP contribution in [0, 0.1) is 17.5 Å². The number of nitrogens with zero attached hydrogens (tertiary/aromatic N) is 1.